The third-order valence-corrected chi connectivity index (χ3v) is 9.90. The summed E-state index contributed by atoms with van der Waals surface area (Å²) in [6, 6.07) is 43.2. The van der Waals surface area contributed by atoms with Crippen molar-refractivity contribution in [2.45, 2.75) is 13.0 Å². The smallest absolute Gasteiger partial charge is 0.0973 e. The molecule has 232 valence electrons. The summed E-state index contributed by atoms with van der Waals surface area (Å²) in [6.45, 7) is 2.83. The van der Waals surface area contributed by atoms with Crippen LogP contribution in [0.2, 0.25) is 0 Å². The molecule has 0 saturated carbocycles. The van der Waals surface area contributed by atoms with Gasteiger partial charge in [-0.05, 0) is 78.7 Å². The molecule has 1 unspecified atom stereocenters. The van der Waals surface area contributed by atoms with Crippen molar-refractivity contribution in [2.24, 2.45) is 4.99 Å². The van der Waals surface area contributed by atoms with E-state index in [4.69, 9.17) is 9.97 Å². The maximum Gasteiger partial charge on any atom is 0.0973 e. The molecule has 3 aromatic heterocycles. The van der Waals surface area contributed by atoms with E-state index in [0.717, 1.165) is 68.1 Å². The molecule has 6 nitrogen and oxygen atoms in total. The van der Waals surface area contributed by atoms with Crippen LogP contribution in [-0.4, -0.2) is 38.3 Å². The molecule has 0 fully saturated rings. The summed E-state index contributed by atoms with van der Waals surface area (Å²) in [6.07, 6.45) is 7.90. The summed E-state index contributed by atoms with van der Waals surface area (Å²) in [4.78, 5) is 22.0. The zero-order chi connectivity index (χ0) is 32.5. The van der Waals surface area contributed by atoms with Gasteiger partial charge in [0.1, 0.15) is 0 Å². The van der Waals surface area contributed by atoms with E-state index in [-0.39, 0.29) is 6.04 Å². The van der Waals surface area contributed by atoms with Crippen LogP contribution in [0.3, 0.4) is 0 Å². The minimum Gasteiger partial charge on any atom is -0.331 e. The Labute approximate surface area is 283 Å². The molecule has 5 heterocycles. The standard InChI is InChI=1S/C43H30N6/c1-27-10-19-36-37(24-27)47-43(29-13-17-31(18-14-29)49-39-9-5-3-7-33(39)35-21-23-45-26-41(35)49)42(46-36)28-11-15-30(16-12-28)48-38-8-4-2-6-32(38)34-20-22-44-25-40(34)48/h2-24,26,40H,25H2,1H3. The van der Waals surface area contributed by atoms with Gasteiger partial charge in [-0.3, -0.25) is 9.98 Å². The van der Waals surface area contributed by atoms with Gasteiger partial charge in [-0.15, -0.1) is 0 Å². The van der Waals surface area contributed by atoms with Gasteiger partial charge in [0.25, 0.3) is 0 Å². The van der Waals surface area contributed by atoms with Crippen molar-refractivity contribution < 1.29 is 0 Å². The third-order valence-electron chi connectivity index (χ3n) is 9.90. The van der Waals surface area contributed by atoms with Gasteiger partial charge in [-0.25, -0.2) is 9.97 Å². The lowest BCUT2D eigenvalue weighted by molar-refractivity contribution is 0.824. The fourth-order valence-corrected chi connectivity index (χ4v) is 7.62. The van der Waals surface area contributed by atoms with E-state index < -0.39 is 0 Å². The SMILES string of the molecule is Cc1ccc2nc(-c3ccc(N4c5ccccc5C5=CC=NCC54)cc3)c(-c3ccc(-n4c5ccccc5c5ccncc54)cc3)nc2c1. The van der Waals surface area contributed by atoms with Crippen molar-refractivity contribution in [3.63, 3.8) is 0 Å². The maximum absolute atomic E-state index is 5.25. The van der Waals surface area contributed by atoms with Crippen LogP contribution in [0.1, 0.15) is 11.1 Å². The Hall–Kier alpha value is -6.40. The number of rotatable bonds is 4. The Morgan fingerprint density at radius 3 is 2.20 bits per heavy atom. The first-order valence-electron chi connectivity index (χ1n) is 16.6. The molecule has 8 aromatic rings. The molecule has 0 saturated heterocycles. The van der Waals surface area contributed by atoms with E-state index >= 15 is 0 Å². The summed E-state index contributed by atoms with van der Waals surface area (Å²) in [5.41, 5.74) is 15.0. The molecule has 0 spiro atoms. The number of pyridine rings is 1. The van der Waals surface area contributed by atoms with E-state index in [0.29, 0.717) is 0 Å². The molecule has 2 aliphatic rings. The van der Waals surface area contributed by atoms with E-state index in [1.165, 1.54) is 27.6 Å². The van der Waals surface area contributed by atoms with Crippen molar-refractivity contribution >= 4 is 56.0 Å². The molecule has 1 atom stereocenters. The second-order valence-electron chi connectivity index (χ2n) is 12.8. The first kappa shape index (κ1) is 27.7. The van der Waals surface area contributed by atoms with Crippen molar-refractivity contribution in [2.75, 3.05) is 11.4 Å². The maximum atomic E-state index is 5.25. The highest BCUT2D eigenvalue weighted by Crippen LogP contribution is 2.46. The van der Waals surface area contributed by atoms with Gasteiger partial charge in [0.05, 0.1) is 52.2 Å². The Morgan fingerprint density at radius 1 is 0.653 bits per heavy atom. The summed E-state index contributed by atoms with van der Waals surface area (Å²) in [5.74, 6) is 0. The minimum absolute atomic E-state index is 0.191. The highest BCUT2D eigenvalue weighted by atomic mass is 15.2. The van der Waals surface area contributed by atoms with Crippen LogP contribution in [0.15, 0.2) is 145 Å². The van der Waals surface area contributed by atoms with Crippen molar-refractivity contribution in [1.82, 2.24) is 19.5 Å². The number of fused-ring (bicyclic) bond motifs is 7. The summed E-state index contributed by atoms with van der Waals surface area (Å²) in [7, 11) is 0. The fourth-order valence-electron chi connectivity index (χ4n) is 7.62. The summed E-state index contributed by atoms with van der Waals surface area (Å²) in [5, 5.41) is 2.41. The average molecular weight is 631 g/mol. The number of hydrogen-bond donors (Lipinski definition) is 0. The van der Waals surface area contributed by atoms with Gasteiger partial charge >= 0.3 is 0 Å². The lowest BCUT2D eigenvalue weighted by Gasteiger charge is -2.28. The van der Waals surface area contributed by atoms with E-state index in [9.17, 15) is 0 Å². The van der Waals surface area contributed by atoms with Crippen LogP contribution in [0, 0.1) is 6.92 Å². The molecule has 0 radical (unpaired) electrons. The van der Waals surface area contributed by atoms with Crippen LogP contribution >= 0.6 is 0 Å². The molecule has 5 aromatic carbocycles. The monoisotopic (exact) mass is 630 g/mol. The number of hydrogen-bond acceptors (Lipinski definition) is 5. The Bertz CT molecular complexity index is 2590. The zero-order valence-electron chi connectivity index (χ0n) is 26.8. The molecule has 49 heavy (non-hydrogen) atoms. The zero-order valence-corrected chi connectivity index (χ0v) is 26.8. The number of benzene rings is 5. The number of aromatic nitrogens is 4. The largest absolute Gasteiger partial charge is 0.331 e. The van der Waals surface area contributed by atoms with Gasteiger partial charge in [0.15, 0.2) is 0 Å². The lowest BCUT2D eigenvalue weighted by atomic mass is 10.0. The van der Waals surface area contributed by atoms with Crippen LogP contribution in [0.5, 0.6) is 0 Å². The van der Waals surface area contributed by atoms with Crippen LogP contribution in [0.4, 0.5) is 11.4 Å². The highest BCUT2D eigenvalue weighted by molar-refractivity contribution is 6.09. The molecular weight excluding hydrogens is 601 g/mol. The predicted octanol–water partition coefficient (Wildman–Crippen LogP) is 9.75. The van der Waals surface area contributed by atoms with E-state index in [1.807, 2.05) is 18.6 Å². The molecular formula is C43H30N6. The second-order valence-corrected chi connectivity index (χ2v) is 12.8. The average Bonchev–Trinajstić information content (AvgIpc) is 3.68. The van der Waals surface area contributed by atoms with Crippen LogP contribution < -0.4 is 4.90 Å². The van der Waals surface area contributed by atoms with E-state index in [1.54, 1.807) is 0 Å². The number of aliphatic imine (C=N–C) groups is 1. The molecule has 2 aliphatic heterocycles. The number of allylic oxidation sites excluding steroid dienone is 1. The fraction of sp³-hybridized carbons (Fsp3) is 0.0698. The van der Waals surface area contributed by atoms with Crippen molar-refractivity contribution in [3.05, 3.63) is 151 Å². The number of anilines is 2. The topological polar surface area (TPSA) is 59.2 Å². The van der Waals surface area contributed by atoms with Crippen LogP contribution in [0.25, 0.3) is 66.6 Å². The minimum atomic E-state index is 0.191. The second kappa shape index (κ2) is 10.8. The van der Waals surface area contributed by atoms with Crippen molar-refractivity contribution in [1.29, 1.82) is 0 Å². The Kier molecular flexibility index (Phi) is 6.12. The predicted molar refractivity (Wildman–Crippen MR) is 201 cm³/mol. The molecule has 0 aliphatic carbocycles. The number of dihydropyridines is 1. The molecule has 0 bridgehead atoms. The molecule has 0 amide bonds. The lowest BCUT2D eigenvalue weighted by Crippen LogP contribution is -2.30. The van der Waals surface area contributed by atoms with Gasteiger partial charge < -0.3 is 9.47 Å². The quantitative estimate of drug-likeness (QED) is 0.194. The highest BCUT2D eigenvalue weighted by Gasteiger charge is 2.35. The van der Waals surface area contributed by atoms with E-state index in [2.05, 4.69) is 154 Å². The summed E-state index contributed by atoms with van der Waals surface area (Å²) < 4.78 is 2.28. The first-order valence-corrected chi connectivity index (χ1v) is 16.6. The first-order chi connectivity index (χ1) is 24.2. The van der Waals surface area contributed by atoms with Gasteiger partial charge in [0.2, 0.25) is 0 Å². The summed E-state index contributed by atoms with van der Waals surface area (Å²) >= 11 is 0. The third kappa shape index (κ3) is 4.34. The Morgan fingerprint density at radius 2 is 1.37 bits per heavy atom. The molecule has 0 N–H and O–H groups in total. The van der Waals surface area contributed by atoms with Gasteiger partial charge in [-0.2, -0.15) is 0 Å². The van der Waals surface area contributed by atoms with Gasteiger partial charge in [-0.1, -0.05) is 66.7 Å². The normalized spacial score (nSPS) is 15.2. The van der Waals surface area contributed by atoms with Crippen LogP contribution in [-0.2, 0) is 0 Å². The molecule has 10 rings (SSSR count). The molecule has 6 heteroatoms. The number of para-hydroxylation sites is 2. The number of nitrogens with zero attached hydrogens (tertiary/aromatic N) is 6. The Balaban J connectivity index is 1.08. The van der Waals surface area contributed by atoms with Crippen molar-refractivity contribution in [3.8, 4) is 28.2 Å². The number of aryl methyl sites for hydroxylation is 1. The van der Waals surface area contributed by atoms with Gasteiger partial charge in [0, 0.05) is 56.9 Å².